The molecule has 1 aliphatic heterocycles. The van der Waals surface area contributed by atoms with Crippen molar-refractivity contribution in [1.29, 1.82) is 0 Å². The summed E-state index contributed by atoms with van der Waals surface area (Å²) in [6, 6.07) is 7.07. The molecule has 0 saturated carbocycles. The molecule has 0 radical (unpaired) electrons. The fourth-order valence-corrected chi connectivity index (χ4v) is 5.77. The van der Waals surface area contributed by atoms with Gasteiger partial charge in [0.2, 0.25) is 11.8 Å². The second-order valence-electron chi connectivity index (χ2n) is 9.91. The molecule has 1 N–H and O–H groups in total. The third kappa shape index (κ3) is 5.37. The van der Waals surface area contributed by atoms with Crippen LogP contribution in [0.3, 0.4) is 0 Å². The predicted octanol–water partition coefficient (Wildman–Crippen LogP) is 4.25. The molecule has 8 nitrogen and oxygen atoms in total. The van der Waals surface area contributed by atoms with Gasteiger partial charge in [-0.1, -0.05) is 45.0 Å². The number of hydrogen-bond acceptors (Lipinski definition) is 7. The van der Waals surface area contributed by atoms with Crippen molar-refractivity contribution < 1.29 is 19.4 Å². The first-order valence-corrected chi connectivity index (χ1v) is 13.2. The number of thiazole rings is 1. The van der Waals surface area contributed by atoms with Crippen molar-refractivity contribution in [2.75, 3.05) is 13.7 Å². The van der Waals surface area contributed by atoms with E-state index in [1.165, 1.54) is 7.11 Å². The molecule has 1 aromatic carbocycles. The zero-order valence-electron chi connectivity index (χ0n) is 21.4. The highest BCUT2D eigenvalue weighted by Crippen LogP contribution is 2.32. The number of amides is 1. The average Bonchev–Trinajstić information content (AvgIpc) is 3.58. The first-order valence-electron chi connectivity index (χ1n) is 12.3. The molecule has 1 saturated heterocycles. The summed E-state index contributed by atoms with van der Waals surface area (Å²) in [5.41, 5.74) is 5.03. The number of rotatable bonds is 9. The molecule has 3 aromatic rings. The van der Waals surface area contributed by atoms with Crippen LogP contribution in [0.5, 0.6) is 5.88 Å². The number of ketones is 1. The van der Waals surface area contributed by atoms with E-state index in [2.05, 4.69) is 34.2 Å². The summed E-state index contributed by atoms with van der Waals surface area (Å²) in [6.45, 7) is 8.09. The van der Waals surface area contributed by atoms with Crippen molar-refractivity contribution >= 4 is 23.0 Å². The molecule has 192 valence electrons. The molecule has 2 aromatic heterocycles. The normalized spacial score (nSPS) is 19.5. The number of Topliss-reactive ketones (excluding diaryl/α,β-unsaturated/α-hetero) is 1. The third-order valence-electron chi connectivity index (χ3n) is 6.92. The molecule has 0 unspecified atom stereocenters. The lowest BCUT2D eigenvalue weighted by Gasteiger charge is -2.30. The van der Waals surface area contributed by atoms with Crippen molar-refractivity contribution in [2.24, 2.45) is 5.92 Å². The number of nitrogens with zero attached hydrogens (tertiary/aromatic N) is 4. The van der Waals surface area contributed by atoms with Crippen LogP contribution in [0, 0.1) is 12.8 Å². The summed E-state index contributed by atoms with van der Waals surface area (Å²) in [7, 11) is 1.53. The minimum atomic E-state index is -0.717. The Morgan fingerprint density at radius 3 is 2.50 bits per heavy atom. The largest absolute Gasteiger partial charge is 0.480 e. The van der Waals surface area contributed by atoms with Gasteiger partial charge in [-0.15, -0.1) is 11.3 Å². The second-order valence-corrected chi connectivity index (χ2v) is 10.8. The number of benzene rings is 1. The molecular formula is C27H34N4O4S. The van der Waals surface area contributed by atoms with Gasteiger partial charge in [0.25, 0.3) is 0 Å². The van der Waals surface area contributed by atoms with E-state index >= 15 is 0 Å². The molecule has 0 aliphatic carbocycles. The summed E-state index contributed by atoms with van der Waals surface area (Å²) < 4.78 is 6.90. The van der Waals surface area contributed by atoms with Gasteiger partial charge in [0.1, 0.15) is 6.04 Å². The number of aliphatic hydroxyl groups is 1. The zero-order valence-corrected chi connectivity index (χ0v) is 22.2. The first-order chi connectivity index (χ1) is 17.2. The van der Waals surface area contributed by atoms with Crippen molar-refractivity contribution in [2.45, 2.75) is 64.6 Å². The highest BCUT2D eigenvalue weighted by Gasteiger charge is 2.42. The minimum Gasteiger partial charge on any atom is -0.480 e. The summed E-state index contributed by atoms with van der Waals surface area (Å²) in [6.07, 6.45) is 3.10. The van der Waals surface area contributed by atoms with E-state index in [4.69, 9.17) is 4.74 Å². The van der Waals surface area contributed by atoms with E-state index in [-0.39, 0.29) is 36.5 Å². The quantitative estimate of drug-likeness (QED) is 0.462. The number of hydrogen-bond donors (Lipinski definition) is 1. The first kappa shape index (κ1) is 26.0. The highest BCUT2D eigenvalue weighted by atomic mass is 32.1. The smallest absolute Gasteiger partial charge is 0.246 e. The lowest BCUT2D eigenvalue weighted by atomic mass is 9.91. The Hall–Kier alpha value is -3.04. The lowest BCUT2D eigenvalue weighted by Crippen LogP contribution is -2.45. The van der Waals surface area contributed by atoms with Crippen LogP contribution < -0.4 is 4.74 Å². The number of imidazole rings is 1. The van der Waals surface area contributed by atoms with Crippen molar-refractivity contribution in [3.8, 4) is 16.3 Å². The molecule has 1 amide bonds. The number of likely N-dealkylation sites (tertiary alicyclic amines) is 1. The van der Waals surface area contributed by atoms with Crippen LogP contribution in [-0.4, -0.2) is 62.0 Å². The number of carbonyl (C=O) groups excluding carboxylic acids is 2. The number of carbonyl (C=O) groups is 2. The topological polar surface area (TPSA) is 97.6 Å². The van der Waals surface area contributed by atoms with E-state index < -0.39 is 18.2 Å². The van der Waals surface area contributed by atoms with E-state index in [1.54, 1.807) is 33.3 Å². The van der Waals surface area contributed by atoms with Gasteiger partial charge in [-0.3, -0.25) is 9.59 Å². The Morgan fingerprint density at radius 2 is 1.92 bits per heavy atom. The summed E-state index contributed by atoms with van der Waals surface area (Å²) in [5, 5.41) is 10.4. The van der Waals surface area contributed by atoms with Gasteiger partial charge in [0.15, 0.2) is 5.78 Å². The summed E-state index contributed by atoms with van der Waals surface area (Å²) in [5.74, 6) is 0.164. The average molecular weight is 511 g/mol. The molecule has 1 fully saturated rings. The van der Waals surface area contributed by atoms with Crippen LogP contribution in [0.15, 0.2) is 42.3 Å². The van der Waals surface area contributed by atoms with Crippen LogP contribution in [0.4, 0.5) is 0 Å². The van der Waals surface area contributed by atoms with Gasteiger partial charge in [-0.25, -0.2) is 9.97 Å². The molecule has 4 rings (SSSR count). The summed E-state index contributed by atoms with van der Waals surface area (Å²) in [4.78, 5) is 38.3. The van der Waals surface area contributed by atoms with Gasteiger partial charge < -0.3 is 19.3 Å². The maximum absolute atomic E-state index is 13.6. The van der Waals surface area contributed by atoms with Gasteiger partial charge in [-0.05, 0) is 29.9 Å². The minimum absolute atomic E-state index is 0.0115. The van der Waals surface area contributed by atoms with Crippen LogP contribution in [0.2, 0.25) is 0 Å². The maximum Gasteiger partial charge on any atom is 0.246 e. The van der Waals surface area contributed by atoms with E-state index in [9.17, 15) is 14.7 Å². The predicted molar refractivity (Wildman–Crippen MR) is 139 cm³/mol. The number of β-amino-alcohol motifs (C(OH)–C–C–N with tert-alkyl or cyclic N) is 1. The van der Waals surface area contributed by atoms with Crippen molar-refractivity contribution in [3.63, 3.8) is 0 Å². The van der Waals surface area contributed by atoms with Crippen molar-refractivity contribution in [1.82, 2.24) is 19.4 Å². The Labute approximate surface area is 216 Å². The maximum atomic E-state index is 13.6. The second kappa shape index (κ2) is 10.9. The van der Waals surface area contributed by atoms with Crippen LogP contribution >= 0.6 is 11.3 Å². The fourth-order valence-electron chi connectivity index (χ4n) is 4.96. The number of aromatic nitrogens is 3. The van der Waals surface area contributed by atoms with E-state index in [0.717, 1.165) is 21.7 Å². The van der Waals surface area contributed by atoms with Crippen molar-refractivity contribution in [3.05, 3.63) is 53.6 Å². The van der Waals surface area contributed by atoms with Gasteiger partial charge in [0, 0.05) is 19.4 Å². The number of methoxy groups -OCH3 is 1. The van der Waals surface area contributed by atoms with Crippen LogP contribution in [0.25, 0.3) is 10.4 Å². The molecule has 9 heteroatoms. The lowest BCUT2D eigenvalue weighted by molar-refractivity contribution is -0.141. The summed E-state index contributed by atoms with van der Waals surface area (Å²) >= 11 is 1.61. The molecule has 1 aliphatic rings. The Kier molecular flexibility index (Phi) is 7.90. The molecule has 3 heterocycles. The molecular weight excluding hydrogens is 476 g/mol. The standard InChI is InChI=1S/C27H34N4O4S/c1-16(2)25(30-13-24(35-5)28-14-30)27(34)31-12-21(32)11-22(31)23(33)10-17(3)19-6-8-20(9-7-19)26-18(4)29-15-36-26/h6-9,13-17,21-22,25,32H,10-12H2,1-5H3/t17-,21-,22+,25+/m1/s1. The Balaban J connectivity index is 1.47. The van der Waals surface area contributed by atoms with E-state index in [0.29, 0.717) is 12.3 Å². The highest BCUT2D eigenvalue weighted by molar-refractivity contribution is 7.13. The van der Waals surface area contributed by atoms with Gasteiger partial charge >= 0.3 is 0 Å². The van der Waals surface area contributed by atoms with Crippen LogP contribution in [0.1, 0.15) is 56.8 Å². The van der Waals surface area contributed by atoms with Gasteiger partial charge in [-0.2, -0.15) is 0 Å². The molecule has 0 bridgehead atoms. The Bertz CT molecular complexity index is 1200. The fraction of sp³-hybridized carbons (Fsp3) is 0.481. The number of aryl methyl sites for hydroxylation is 1. The molecule has 4 atom stereocenters. The molecule has 0 spiro atoms. The Morgan fingerprint density at radius 1 is 1.19 bits per heavy atom. The monoisotopic (exact) mass is 510 g/mol. The van der Waals surface area contributed by atoms with Crippen LogP contribution in [-0.2, 0) is 9.59 Å². The third-order valence-corrected chi connectivity index (χ3v) is 7.90. The van der Waals surface area contributed by atoms with E-state index in [1.807, 2.05) is 33.2 Å². The molecule has 36 heavy (non-hydrogen) atoms. The number of aliphatic hydroxyl groups excluding tert-OH is 1. The van der Waals surface area contributed by atoms with Gasteiger partial charge in [0.05, 0.1) is 47.9 Å². The number of ether oxygens (including phenoxy) is 1. The SMILES string of the molecule is COc1cn([C@H](C(=O)N2C[C@H](O)C[C@H]2C(=O)C[C@@H](C)c2ccc(-c3scnc3C)cc2)C(C)C)cn1. The zero-order chi connectivity index (χ0) is 26.0.